The quantitative estimate of drug-likeness (QED) is 0.270. The third-order valence-corrected chi connectivity index (χ3v) is 7.36. The number of pyridine rings is 2. The van der Waals surface area contributed by atoms with Gasteiger partial charge >= 0.3 is 0 Å². The molecule has 1 aromatic carbocycles. The highest BCUT2D eigenvalue weighted by molar-refractivity contribution is 6.02. The summed E-state index contributed by atoms with van der Waals surface area (Å²) in [7, 11) is 2.08. The smallest absolute Gasteiger partial charge is 0.213 e. The SMILES string of the molecule is C=CN=Cc1c(C)n(C)c2cc(-c3ccc(OC4CCC4)nc3)ccc12.OCCOc1ccc(OC2CNC2)nc1. The van der Waals surface area contributed by atoms with Gasteiger partial charge in [0.1, 0.15) is 24.6 Å². The molecule has 4 heterocycles. The summed E-state index contributed by atoms with van der Waals surface area (Å²) in [4.78, 5) is 12.8. The zero-order valence-corrected chi connectivity index (χ0v) is 23.6. The van der Waals surface area contributed by atoms with Gasteiger partial charge < -0.3 is 29.2 Å². The number of hydrogen-bond acceptors (Lipinski definition) is 8. The van der Waals surface area contributed by atoms with Crippen LogP contribution >= 0.6 is 0 Å². The first-order chi connectivity index (χ1) is 20.1. The summed E-state index contributed by atoms with van der Waals surface area (Å²) in [6.07, 6.45) is 11.1. The Bertz CT molecular complexity index is 1470. The van der Waals surface area contributed by atoms with Gasteiger partial charge in [0, 0.05) is 78.6 Å². The number of aliphatic imine (C=N–C) groups is 1. The van der Waals surface area contributed by atoms with E-state index >= 15 is 0 Å². The van der Waals surface area contributed by atoms with Crippen LogP contribution in [-0.4, -0.2) is 64.4 Å². The molecule has 0 amide bonds. The minimum Gasteiger partial charge on any atom is -0.490 e. The number of fused-ring (bicyclic) bond motifs is 1. The lowest BCUT2D eigenvalue weighted by molar-refractivity contribution is 0.114. The standard InChI is InChI=1S/C22H23N3O.C10H14N2O3/c1-4-23-14-20-15(2)25(3)21-12-16(8-10-19(20)21)17-9-11-22(24-13-17)26-18-6-5-7-18;13-3-4-14-8-1-2-10(12-7-8)15-9-5-11-6-9/h4,8-14,18H,1,5-7H2,2-3H3;1-2,7,9,11,13H,3-6H2. The lowest BCUT2D eigenvalue weighted by Gasteiger charge is -2.27. The van der Waals surface area contributed by atoms with E-state index < -0.39 is 0 Å². The molecule has 0 atom stereocenters. The van der Waals surface area contributed by atoms with Crippen LogP contribution in [0.1, 0.15) is 30.5 Å². The fourth-order valence-electron chi connectivity index (χ4n) is 4.54. The number of ether oxygens (including phenoxy) is 3. The highest BCUT2D eigenvalue weighted by Crippen LogP contribution is 2.30. The third-order valence-electron chi connectivity index (χ3n) is 7.36. The van der Waals surface area contributed by atoms with Gasteiger partial charge in [0.25, 0.3) is 0 Å². The van der Waals surface area contributed by atoms with Crippen molar-refractivity contribution in [2.75, 3.05) is 26.3 Å². The van der Waals surface area contributed by atoms with Crippen molar-refractivity contribution in [1.29, 1.82) is 0 Å². The molecular formula is C32H37N5O4. The van der Waals surface area contributed by atoms with Crippen LogP contribution in [0.25, 0.3) is 22.0 Å². The van der Waals surface area contributed by atoms with Gasteiger partial charge in [0.05, 0.1) is 12.8 Å². The molecule has 9 nitrogen and oxygen atoms in total. The number of aliphatic hydroxyl groups excluding tert-OH is 1. The Morgan fingerprint density at radius 1 is 1.02 bits per heavy atom. The molecule has 214 valence electrons. The van der Waals surface area contributed by atoms with Crippen molar-refractivity contribution in [2.45, 2.75) is 38.4 Å². The van der Waals surface area contributed by atoms with Gasteiger partial charge in [-0.25, -0.2) is 9.97 Å². The Morgan fingerprint density at radius 2 is 1.76 bits per heavy atom. The molecule has 41 heavy (non-hydrogen) atoms. The summed E-state index contributed by atoms with van der Waals surface area (Å²) in [5.41, 5.74) is 5.74. The maximum absolute atomic E-state index is 8.56. The van der Waals surface area contributed by atoms with Crippen LogP contribution in [-0.2, 0) is 7.05 Å². The highest BCUT2D eigenvalue weighted by atomic mass is 16.5. The lowest BCUT2D eigenvalue weighted by atomic mass is 9.96. The molecule has 1 aliphatic carbocycles. The fourth-order valence-corrected chi connectivity index (χ4v) is 4.54. The molecule has 6 rings (SSSR count). The van der Waals surface area contributed by atoms with E-state index in [1.165, 1.54) is 23.0 Å². The van der Waals surface area contributed by atoms with Gasteiger partial charge in [-0.15, -0.1) is 0 Å². The first-order valence-corrected chi connectivity index (χ1v) is 14.0. The molecule has 1 aliphatic heterocycles. The second-order valence-corrected chi connectivity index (χ2v) is 10.1. The monoisotopic (exact) mass is 555 g/mol. The minimum absolute atomic E-state index is 0.00595. The van der Waals surface area contributed by atoms with E-state index in [0.29, 0.717) is 17.7 Å². The van der Waals surface area contributed by atoms with Crippen LogP contribution < -0.4 is 19.5 Å². The Hall–Kier alpha value is -4.21. The summed E-state index contributed by atoms with van der Waals surface area (Å²) >= 11 is 0. The van der Waals surface area contributed by atoms with Crippen LogP contribution in [0.4, 0.5) is 0 Å². The third kappa shape index (κ3) is 6.93. The van der Waals surface area contributed by atoms with Crippen molar-refractivity contribution in [3.05, 3.63) is 78.9 Å². The molecule has 0 spiro atoms. The number of aliphatic hydroxyl groups is 1. The lowest BCUT2D eigenvalue weighted by Crippen LogP contribution is -2.50. The van der Waals surface area contributed by atoms with Gasteiger partial charge in [0.15, 0.2) is 0 Å². The van der Waals surface area contributed by atoms with Gasteiger partial charge in [0.2, 0.25) is 11.8 Å². The number of aryl methyl sites for hydroxylation is 1. The van der Waals surface area contributed by atoms with Crippen molar-refractivity contribution >= 4 is 17.1 Å². The van der Waals surface area contributed by atoms with Crippen molar-refractivity contribution in [3.63, 3.8) is 0 Å². The van der Waals surface area contributed by atoms with Crippen LogP contribution in [0.2, 0.25) is 0 Å². The first kappa shape index (κ1) is 28.3. The van der Waals surface area contributed by atoms with Gasteiger partial charge in [-0.2, -0.15) is 0 Å². The van der Waals surface area contributed by atoms with Crippen molar-refractivity contribution in [3.8, 4) is 28.6 Å². The van der Waals surface area contributed by atoms with E-state index in [2.05, 4.69) is 69.7 Å². The van der Waals surface area contributed by atoms with E-state index in [0.717, 1.165) is 48.5 Å². The zero-order chi connectivity index (χ0) is 28.6. The molecule has 1 saturated carbocycles. The van der Waals surface area contributed by atoms with E-state index in [-0.39, 0.29) is 19.3 Å². The van der Waals surface area contributed by atoms with Crippen molar-refractivity contribution < 1.29 is 19.3 Å². The highest BCUT2D eigenvalue weighted by Gasteiger charge is 2.20. The summed E-state index contributed by atoms with van der Waals surface area (Å²) in [6, 6.07) is 14.1. The normalized spacial score (nSPS) is 15.1. The predicted molar refractivity (Wildman–Crippen MR) is 161 cm³/mol. The maximum Gasteiger partial charge on any atom is 0.213 e. The van der Waals surface area contributed by atoms with Gasteiger partial charge in [-0.05, 0) is 49.9 Å². The maximum atomic E-state index is 8.56. The average Bonchev–Trinajstić information content (AvgIpc) is 3.20. The average molecular weight is 556 g/mol. The van der Waals surface area contributed by atoms with Crippen LogP contribution in [0.3, 0.4) is 0 Å². The topological polar surface area (TPSA) is 103 Å². The van der Waals surface area contributed by atoms with Crippen LogP contribution in [0, 0.1) is 6.92 Å². The number of benzene rings is 1. The van der Waals surface area contributed by atoms with E-state index in [1.807, 2.05) is 18.5 Å². The number of aromatic nitrogens is 3. The van der Waals surface area contributed by atoms with E-state index in [4.69, 9.17) is 19.3 Å². The molecule has 2 aliphatic rings. The van der Waals surface area contributed by atoms with Crippen LogP contribution in [0.5, 0.6) is 17.5 Å². The number of hydrogen-bond donors (Lipinski definition) is 2. The Morgan fingerprint density at radius 3 is 2.34 bits per heavy atom. The molecule has 0 unspecified atom stereocenters. The first-order valence-electron chi connectivity index (χ1n) is 14.0. The molecule has 3 aromatic heterocycles. The van der Waals surface area contributed by atoms with Crippen molar-refractivity contribution in [1.82, 2.24) is 19.9 Å². The Labute approximate surface area is 240 Å². The molecule has 1 saturated heterocycles. The summed E-state index contributed by atoms with van der Waals surface area (Å²) in [5.74, 6) is 1.97. The molecule has 2 N–H and O–H groups in total. The minimum atomic E-state index is 0.00595. The molecule has 2 fully saturated rings. The number of nitrogens with one attached hydrogen (secondary N) is 1. The molecular weight excluding hydrogens is 518 g/mol. The molecule has 0 bridgehead atoms. The van der Waals surface area contributed by atoms with Gasteiger partial charge in [-0.1, -0.05) is 18.7 Å². The molecule has 0 radical (unpaired) electrons. The van der Waals surface area contributed by atoms with Crippen LogP contribution in [0.15, 0.2) is 72.6 Å². The molecule has 9 heteroatoms. The van der Waals surface area contributed by atoms with Gasteiger partial charge in [-0.3, -0.25) is 4.99 Å². The second kappa shape index (κ2) is 13.4. The predicted octanol–water partition coefficient (Wildman–Crippen LogP) is 4.85. The fraction of sp³-hybridized carbons (Fsp3) is 0.344. The largest absolute Gasteiger partial charge is 0.490 e. The number of nitrogens with zero attached hydrogens (tertiary/aromatic N) is 4. The zero-order valence-electron chi connectivity index (χ0n) is 23.6. The number of rotatable bonds is 10. The summed E-state index contributed by atoms with van der Waals surface area (Å²) < 4.78 is 18.8. The summed E-state index contributed by atoms with van der Waals surface area (Å²) in [6.45, 7) is 7.82. The molecule has 4 aromatic rings. The van der Waals surface area contributed by atoms with E-state index in [1.54, 1.807) is 24.5 Å². The Kier molecular flexibility index (Phi) is 9.28. The van der Waals surface area contributed by atoms with E-state index in [9.17, 15) is 0 Å². The Balaban J connectivity index is 0.000000191. The summed E-state index contributed by atoms with van der Waals surface area (Å²) in [5, 5.41) is 12.9. The van der Waals surface area contributed by atoms with Crippen molar-refractivity contribution in [2.24, 2.45) is 12.0 Å². The second-order valence-electron chi connectivity index (χ2n) is 10.1.